The van der Waals surface area contributed by atoms with Crippen molar-refractivity contribution in [2.75, 3.05) is 19.0 Å². The van der Waals surface area contributed by atoms with Crippen LogP contribution in [0.5, 0.6) is 0 Å². The highest BCUT2D eigenvalue weighted by atomic mass is 32.2. The summed E-state index contributed by atoms with van der Waals surface area (Å²) in [5.41, 5.74) is 0. The van der Waals surface area contributed by atoms with E-state index >= 15 is 0 Å². The highest BCUT2D eigenvalue weighted by Gasteiger charge is 1.91. The first kappa shape index (κ1) is 9.07. The monoisotopic (exact) mass is 152 g/mol. The second-order valence-corrected chi connectivity index (χ2v) is 2.69. The van der Waals surface area contributed by atoms with Crippen molar-refractivity contribution in [3.05, 3.63) is 0 Å². The van der Waals surface area contributed by atoms with Gasteiger partial charge in [0.25, 0.3) is 0 Å². The molecular weight excluding hydrogens is 140 g/mol. The van der Waals surface area contributed by atoms with Gasteiger partial charge < -0.3 is 9.29 Å². The molecule has 0 rings (SSSR count). The Kier molecular flexibility index (Phi) is 6.24. The molecule has 1 N–H and O–H groups in total. The topological polar surface area (TPSA) is 46.5 Å². The van der Waals surface area contributed by atoms with Crippen LogP contribution in [-0.2, 0) is 15.8 Å². The van der Waals surface area contributed by atoms with E-state index in [1.54, 1.807) is 0 Å². The summed E-state index contributed by atoms with van der Waals surface area (Å²) in [6.07, 6.45) is 0.956. The van der Waals surface area contributed by atoms with Crippen molar-refractivity contribution in [3.8, 4) is 0 Å². The molecule has 0 saturated carbocycles. The van der Waals surface area contributed by atoms with Gasteiger partial charge in [0.1, 0.15) is 0 Å². The summed E-state index contributed by atoms with van der Waals surface area (Å²) in [6.45, 7) is 3.06. The van der Waals surface area contributed by atoms with Gasteiger partial charge in [-0.1, -0.05) is 6.92 Å². The molecular formula is C5H12O3S. The smallest absolute Gasteiger partial charge is 0.155 e. The summed E-state index contributed by atoms with van der Waals surface area (Å²) < 4.78 is 23.2. The van der Waals surface area contributed by atoms with Crippen LogP contribution in [0.15, 0.2) is 0 Å². The zero-order chi connectivity index (χ0) is 7.11. The minimum absolute atomic E-state index is 0.222. The van der Waals surface area contributed by atoms with E-state index in [1.807, 2.05) is 6.92 Å². The number of rotatable bonds is 5. The van der Waals surface area contributed by atoms with Crippen LogP contribution in [0.4, 0.5) is 0 Å². The molecule has 56 valence electrons. The Morgan fingerprint density at radius 2 is 2.22 bits per heavy atom. The lowest BCUT2D eigenvalue weighted by molar-refractivity contribution is 0.149. The molecule has 1 unspecified atom stereocenters. The zero-order valence-electron chi connectivity index (χ0n) is 5.50. The van der Waals surface area contributed by atoms with Crippen LogP contribution in [0.1, 0.15) is 13.3 Å². The molecule has 0 saturated heterocycles. The summed E-state index contributed by atoms with van der Waals surface area (Å²) in [7, 11) is 0. The van der Waals surface area contributed by atoms with Crippen molar-refractivity contribution in [3.63, 3.8) is 0 Å². The summed E-state index contributed by atoms with van der Waals surface area (Å²) in [6, 6.07) is 0. The molecule has 1 atom stereocenters. The summed E-state index contributed by atoms with van der Waals surface area (Å²) in [4.78, 5) is 0. The second-order valence-electron chi connectivity index (χ2n) is 1.64. The molecule has 0 spiro atoms. The van der Waals surface area contributed by atoms with E-state index in [0.29, 0.717) is 13.2 Å². The average molecular weight is 152 g/mol. The number of hydrogen-bond acceptors (Lipinski definition) is 2. The Morgan fingerprint density at radius 3 is 2.67 bits per heavy atom. The maximum Gasteiger partial charge on any atom is 0.155 e. The molecule has 4 heteroatoms. The molecule has 9 heavy (non-hydrogen) atoms. The van der Waals surface area contributed by atoms with Crippen molar-refractivity contribution in [1.82, 2.24) is 0 Å². The van der Waals surface area contributed by atoms with Gasteiger partial charge in [-0.15, -0.1) is 0 Å². The van der Waals surface area contributed by atoms with Crippen LogP contribution in [0.2, 0.25) is 0 Å². The minimum atomic E-state index is -1.69. The first-order valence-corrected chi connectivity index (χ1v) is 4.20. The molecule has 0 amide bonds. The maximum atomic E-state index is 9.99. The lowest BCUT2D eigenvalue weighted by Gasteiger charge is -1.97. The number of hydrogen-bond donors (Lipinski definition) is 1. The van der Waals surface area contributed by atoms with Crippen LogP contribution < -0.4 is 0 Å². The van der Waals surface area contributed by atoms with E-state index in [1.165, 1.54) is 0 Å². The van der Waals surface area contributed by atoms with Crippen molar-refractivity contribution >= 4 is 11.1 Å². The zero-order valence-corrected chi connectivity index (χ0v) is 6.32. The first-order valence-electron chi connectivity index (χ1n) is 2.92. The Labute approximate surface area is 57.7 Å². The largest absolute Gasteiger partial charge is 0.380 e. The predicted octanol–water partition coefficient (Wildman–Crippen LogP) is 0.635. The van der Waals surface area contributed by atoms with Gasteiger partial charge in [-0.05, 0) is 6.42 Å². The molecule has 0 bridgehead atoms. The Balaban J connectivity index is 2.83. The lowest BCUT2D eigenvalue weighted by atomic mass is 10.5. The Morgan fingerprint density at radius 1 is 1.56 bits per heavy atom. The molecule has 3 nitrogen and oxygen atoms in total. The average Bonchev–Trinajstić information content (AvgIpc) is 1.80. The maximum absolute atomic E-state index is 9.99. The summed E-state index contributed by atoms with van der Waals surface area (Å²) in [5.74, 6) is 0.222. The van der Waals surface area contributed by atoms with Crippen LogP contribution in [0, 0.1) is 0 Å². The highest BCUT2D eigenvalue weighted by molar-refractivity contribution is 7.79. The Hall–Kier alpha value is 0.0700. The van der Waals surface area contributed by atoms with E-state index in [0.717, 1.165) is 6.42 Å². The Bertz CT molecular complexity index is 84.3. The highest BCUT2D eigenvalue weighted by Crippen LogP contribution is 1.81. The van der Waals surface area contributed by atoms with Gasteiger partial charge in [0.15, 0.2) is 11.1 Å². The van der Waals surface area contributed by atoms with E-state index in [2.05, 4.69) is 0 Å². The van der Waals surface area contributed by atoms with Crippen molar-refractivity contribution in [1.29, 1.82) is 0 Å². The van der Waals surface area contributed by atoms with Crippen molar-refractivity contribution in [2.24, 2.45) is 0 Å². The van der Waals surface area contributed by atoms with Gasteiger partial charge in [-0.2, -0.15) is 0 Å². The van der Waals surface area contributed by atoms with Crippen LogP contribution in [-0.4, -0.2) is 27.7 Å². The van der Waals surface area contributed by atoms with Crippen molar-refractivity contribution in [2.45, 2.75) is 13.3 Å². The van der Waals surface area contributed by atoms with Crippen molar-refractivity contribution < 1.29 is 13.5 Å². The van der Waals surface area contributed by atoms with E-state index in [-0.39, 0.29) is 5.75 Å². The third-order valence-electron chi connectivity index (χ3n) is 0.751. The molecule has 0 aromatic heterocycles. The van der Waals surface area contributed by atoms with E-state index in [9.17, 15) is 4.21 Å². The van der Waals surface area contributed by atoms with Gasteiger partial charge in [-0.25, -0.2) is 4.21 Å². The molecule has 0 aromatic rings. The van der Waals surface area contributed by atoms with E-state index < -0.39 is 11.1 Å². The first-order chi connectivity index (χ1) is 4.27. The summed E-state index contributed by atoms with van der Waals surface area (Å²) in [5, 5.41) is 0. The molecule has 0 aliphatic heterocycles. The number of ether oxygens (including phenoxy) is 1. The van der Waals surface area contributed by atoms with E-state index in [4.69, 9.17) is 9.29 Å². The fourth-order valence-corrected chi connectivity index (χ4v) is 0.637. The summed E-state index contributed by atoms with van der Waals surface area (Å²) >= 11 is -1.69. The quantitative estimate of drug-likeness (QED) is 0.464. The van der Waals surface area contributed by atoms with Gasteiger partial charge in [0.05, 0.1) is 12.4 Å². The normalized spacial score (nSPS) is 13.6. The fourth-order valence-electron chi connectivity index (χ4n) is 0.377. The van der Waals surface area contributed by atoms with Gasteiger partial charge in [-0.3, -0.25) is 0 Å². The molecule has 0 aliphatic rings. The van der Waals surface area contributed by atoms with Crippen LogP contribution >= 0.6 is 0 Å². The second kappa shape index (κ2) is 6.19. The molecule has 0 fully saturated rings. The lowest BCUT2D eigenvalue weighted by Crippen LogP contribution is -2.05. The minimum Gasteiger partial charge on any atom is -0.380 e. The van der Waals surface area contributed by atoms with Crippen LogP contribution in [0.3, 0.4) is 0 Å². The van der Waals surface area contributed by atoms with Crippen LogP contribution in [0.25, 0.3) is 0 Å². The third-order valence-corrected chi connectivity index (χ3v) is 1.27. The molecule has 0 aromatic carbocycles. The fraction of sp³-hybridized carbons (Fsp3) is 1.00. The molecule has 0 radical (unpaired) electrons. The van der Waals surface area contributed by atoms with Gasteiger partial charge in [0, 0.05) is 6.61 Å². The molecule has 0 aliphatic carbocycles. The van der Waals surface area contributed by atoms with Gasteiger partial charge in [0.2, 0.25) is 0 Å². The molecule has 0 heterocycles. The van der Waals surface area contributed by atoms with Gasteiger partial charge >= 0.3 is 0 Å². The predicted molar refractivity (Wildman–Crippen MR) is 36.7 cm³/mol. The third kappa shape index (κ3) is 8.07. The standard InChI is InChI=1S/C5H12O3S/c1-2-3-8-4-5-9(6)7/h2-5H2,1H3,(H,6,7). The SMILES string of the molecule is CCCOCCS(=O)O.